The van der Waals surface area contributed by atoms with Gasteiger partial charge >= 0.3 is 24.6 Å². The van der Waals surface area contributed by atoms with Crippen molar-refractivity contribution in [3.63, 3.8) is 0 Å². The minimum absolute atomic E-state index is 0.162. The monoisotopic (exact) mass is 346 g/mol. The molecule has 4 heterocycles. The first-order valence-electron chi connectivity index (χ1n) is 6.92. The zero-order valence-corrected chi connectivity index (χ0v) is 11.8. The van der Waals surface area contributed by atoms with Gasteiger partial charge in [0.05, 0.1) is 0 Å². The Labute approximate surface area is 132 Å². The highest BCUT2D eigenvalue weighted by molar-refractivity contribution is 5.67. The van der Waals surface area contributed by atoms with Crippen molar-refractivity contribution < 1.29 is 57.1 Å². The van der Waals surface area contributed by atoms with Crippen molar-refractivity contribution in [2.45, 2.75) is 36.6 Å². The molecule has 4 aliphatic rings. The SMILES string of the molecule is O=C1OCC(C2OC(=O)OC2C2OC(=O)OC2C2COC(=O)O2)O1. The molecule has 0 bridgehead atoms. The minimum atomic E-state index is -1.15. The van der Waals surface area contributed by atoms with E-state index in [1.807, 2.05) is 0 Å². The van der Waals surface area contributed by atoms with Crippen molar-refractivity contribution in [2.24, 2.45) is 0 Å². The molecule has 4 rings (SSSR count). The van der Waals surface area contributed by atoms with E-state index in [9.17, 15) is 19.2 Å². The van der Waals surface area contributed by atoms with E-state index >= 15 is 0 Å². The molecule has 4 aliphatic heterocycles. The van der Waals surface area contributed by atoms with Crippen molar-refractivity contribution in [3.05, 3.63) is 0 Å². The van der Waals surface area contributed by atoms with Crippen LogP contribution in [0.25, 0.3) is 0 Å². The lowest BCUT2D eigenvalue weighted by Gasteiger charge is -2.25. The Hall–Kier alpha value is -2.92. The lowest BCUT2D eigenvalue weighted by atomic mass is 9.97. The van der Waals surface area contributed by atoms with Gasteiger partial charge in [0.25, 0.3) is 0 Å². The summed E-state index contributed by atoms with van der Waals surface area (Å²) in [6.45, 7) is -0.325. The summed E-state index contributed by atoms with van der Waals surface area (Å²) in [7, 11) is 0. The second-order valence-corrected chi connectivity index (χ2v) is 5.26. The molecule has 6 atom stereocenters. The molecule has 0 radical (unpaired) electrons. The lowest BCUT2D eigenvalue weighted by molar-refractivity contribution is -0.0492. The normalized spacial score (nSPS) is 40.7. The number of rotatable bonds is 3. The maximum absolute atomic E-state index is 11.5. The molecule has 0 aliphatic carbocycles. The second-order valence-electron chi connectivity index (χ2n) is 5.26. The number of carbonyl (C=O) groups excluding carboxylic acids is 4. The standard InChI is InChI=1S/C12H10O12/c13-9-17-1-3(19-9)5-7(23-11(15)21-5)8-6(22-12(16)24-8)4-2-18-10(14)20-4/h3-8H,1-2H2. The molecule has 0 N–H and O–H groups in total. The van der Waals surface area contributed by atoms with E-state index in [1.54, 1.807) is 0 Å². The summed E-state index contributed by atoms with van der Waals surface area (Å²) in [4.78, 5) is 45.1. The van der Waals surface area contributed by atoms with Crippen molar-refractivity contribution in [1.82, 2.24) is 0 Å². The van der Waals surface area contributed by atoms with E-state index in [0.717, 1.165) is 0 Å². The van der Waals surface area contributed by atoms with E-state index in [0.29, 0.717) is 0 Å². The Balaban J connectivity index is 1.55. The first kappa shape index (κ1) is 14.7. The quantitative estimate of drug-likeness (QED) is 0.496. The van der Waals surface area contributed by atoms with Crippen LogP contribution in [-0.4, -0.2) is 74.5 Å². The van der Waals surface area contributed by atoms with Crippen LogP contribution in [0.1, 0.15) is 0 Å². The van der Waals surface area contributed by atoms with Crippen LogP contribution in [0.5, 0.6) is 0 Å². The Morgan fingerprint density at radius 1 is 0.500 bits per heavy atom. The van der Waals surface area contributed by atoms with Gasteiger partial charge in [-0.25, -0.2) is 19.2 Å². The third kappa shape index (κ3) is 2.39. The molecule has 0 saturated carbocycles. The van der Waals surface area contributed by atoms with E-state index < -0.39 is 61.2 Å². The fourth-order valence-corrected chi connectivity index (χ4v) is 2.86. The first-order valence-corrected chi connectivity index (χ1v) is 6.92. The third-order valence-electron chi connectivity index (χ3n) is 3.86. The summed E-state index contributed by atoms with van der Waals surface area (Å²) >= 11 is 0. The number of cyclic esters (lactones) is 8. The van der Waals surface area contributed by atoms with Gasteiger partial charge in [0.1, 0.15) is 13.2 Å². The highest BCUT2D eigenvalue weighted by atomic mass is 16.8. The zero-order chi connectivity index (χ0) is 16.8. The summed E-state index contributed by atoms with van der Waals surface area (Å²) in [6.07, 6.45) is -10.2. The van der Waals surface area contributed by atoms with Crippen LogP contribution in [0.2, 0.25) is 0 Å². The van der Waals surface area contributed by atoms with E-state index in [-0.39, 0.29) is 13.2 Å². The van der Waals surface area contributed by atoms with Crippen LogP contribution < -0.4 is 0 Å². The summed E-state index contributed by atoms with van der Waals surface area (Å²) in [5.74, 6) is 0. The van der Waals surface area contributed by atoms with Gasteiger partial charge in [0.15, 0.2) is 36.6 Å². The van der Waals surface area contributed by atoms with Crippen molar-refractivity contribution in [3.8, 4) is 0 Å². The Kier molecular flexibility index (Phi) is 3.25. The van der Waals surface area contributed by atoms with E-state index in [1.165, 1.54) is 0 Å². The predicted octanol–water partition coefficient (Wildman–Crippen LogP) is -0.135. The number of carbonyl (C=O) groups is 4. The minimum Gasteiger partial charge on any atom is -0.430 e. The van der Waals surface area contributed by atoms with Gasteiger partial charge < -0.3 is 37.9 Å². The largest absolute Gasteiger partial charge is 0.509 e. The van der Waals surface area contributed by atoms with Gasteiger partial charge in [-0.15, -0.1) is 0 Å². The van der Waals surface area contributed by atoms with Crippen molar-refractivity contribution >= 4 is 24.6 Å². The van der Waals surface area contributed by atoms with Gasteiger partial charge in [0, 0.05) is 0 Å². The third-order valence-corrected chi connectivity index (χ3v) is 3.86. The number of ether oxygens (including phenoxy) is 8. The Bertz CT molecular complexity index is 549. The highest BCUT2D eigenvalue weighted by Gasteiger charge is 2.59. The zero-order valence-electron chi connectivity index (χ0n) is 11.8. The van der Waals surface area contributed by atoms with Crippen molar-refractivity contribution in [1.29, 1.82) is 0 Å². The second kappa shape index (κ2) is 5.32. The molecule has 130 valence electrons. The average molecular weight is 346 g/mol. The van der Waals surface area contributed by atoms with Crippen LogP contribution in [-0.2, 0) is 37.9 Å². The fraction of sp³-hybridized carbons (Fsp3) is 0.667. The first-order chi connectivity index (χ1) is 11.5. The molecule has 0 aromatic heterocycles. The van der Waals surface area contributed by atoms with Crippen LogP contribution in [0, 0.1) is 0 Å². The van der Waals surface area contributed by atoms with Gasteiger partial charge in [0.2, 0.25) is 0 Å². The van der Waals surface area contributed by atoms with Crippen LogP contribution in [0.4, 0.5) is 19.2 Å². The summed E-state index contributed by atoms with van der Waals surface area (Å²) in [5, 5.41) is 0. The van der Waals surface area contributed by atoms with Gasteiger partial charge in [-0.2, -0.15) is 0 Å². The van der Waals surface area contributed by atoms with Crippen molar-refractivity contribution in [2.75, 3.05) is 13.2 Å². The number of hydrogen-bond acceptors (Lipinski definition) is 12. The molecule has 0 amide bonds. The molecule has 0 aromatic carbocycles. The Morgan fingerprint density at radius 2 is 0.875 bits per heavy atom. The molecular weight excluding hydrogens is 336 g/mol. The van der Waals surface area contributed by atoms with Crippen LogP contribution >= 0.6 is 0 Å². The average Bonchev–Trinajstić information content (AvgIpc) is 3.26. The van der Waals surface area contributed by atoms with E-state index in [4.69, 9.17) is 28.4 Å². The maximum atomic E-state index is 11.5. The smallest absolute Gasteiger partial charge is 0.430 e. The van der Waals surface area contributed by atoms with Crippen LogP contribution in [0.15, 0.2) is 0 Å². The fourth-order valence-electron chi connectivity index (χ4n) is 2.86. The van der Waals surface area contributed by atoms with Gasteiger partial charge in [-0.1, -0.05) is 0 Å². The molecule has 12 heteroatoms. The predicted molar refractivity (Wildman–Crippen MR) is 62.7 cm³/mol. The molecule has 24 heavy (non-hydrogen) atoms. The summed E-state index contributed by atoms with van der Waals surface area (Å²) in [6, 6.07) is 0. The summed E-state index contributed by atoms with van der Waals surface area (Å²) < 4.78 is 39.1. The molecule has 4 saturated heterocycles. The Morgan fingerprint density at radius 3 is 1.21 bits per heavy atom. The molecule has 0 spiro atoms. The maximum Gasteiger partial charge on any atom is 0.509 e. The molecule has 0 aromatic rings. The van der Waals surface area contributed by atoms with Gasteiger partial charge in [-0.05, 0) is 0 Å². The van der Waals surface area contributed by atoms with E-state index in [2.05, 4.69) is 9.47 Å². The molecule has 4 fully saturated rings. The summed E-state index contributed by atoms with van der Waals surface area (Å²) in [5.41, 5.74) is 0. The van der Waals surface area contributed by atoms with Gasteiger partial charge in [-0.3, -0.25) is 0 Å². The lowest BCUT2D eigenvalue weighted by Crippen LogP contribution is -2.50. The topological polar surface area (TPSA) is 142 Å². The molecular formula is C12H10O12. The van der Waals surface area contributed by atoms with Crippen LogP contribution in [0.3, 0.4) is 0 Å². The molecule has 12 nitrogen and oxygen atoms in total. The highest BCUT2D eigenvalue weighted by Crippen LogP contribution is 2.34. The molecule has 6 unspecified atom stereocenters. The number of hydrogen-bond donors (Lipinski definition) is 0.